The Morgan fingerprint density at radius 3 is 1.72 bits per heavy atom. The molecule has 2 aliphatic heterocycles. The lowest BCUT2D eigenvalue weighted by atomic mass is 10.1. The Morgan fingerprint density at radius 1 is 0.720 bits per heavy atom. The van der Waals surface area contributed by atoms with Crippen LogP contribution in [0.3, 0.4) is 0 Å². The number of hydrogen-bond acceptors (Lipinski definition) is 4. The van der Waals surface area contributed by atoms with Gasteiger partial charge in [0.25, 0.3) is 0 Å². The molecule has 0 radical (unpaired) electrons. The van der Waals surface area contributed by atoms with Crippen LogP contribution in [-0.4, -0.2) is 24.0 Å². The highest BCUT2D eigenvalue weighted by Crippen LogP contribution is 2.42. The summed E-state index contributed by atoms with van der Waals surface area (Å²) in [6.07, 6.45) is 2.76. The van der Waals surface area contributed by atoms with Crippen LogP contribution in [0.15, 0.2) is 58.5 Å². The Labute approximate surface area is 146 Å². The van der Waals surface area contributed by atoms with E-state index in [9.17, 15) is 0 Å². The molecule has 2 aromatic rings. The molecule has 0 saturated heterocycles. The van der Waals surface area contributed by atoms with E-state index in [1.165, 1.54) is 22.3 Å². The maximum Gasteiger partial charge on any atom is 0.193 e. The van der Waals surface area contributed by atoms with Crippen molar-refractivity contribution in [3.63, 3.8) is 0 Å². The largest absolute Gasteiger partial charge is 0.474 e. The number of aliphatic imine (C=N–C) groups is 2. The summed E-state index contributed by atoms with van der Waals surface area (Å²) in [5, 5.41) is 0. The Kier molecular flexibility index (Phi) is 2.70. The van der Waals surface area contributed by atoms with Gasteiger partial charge in [-0.05, 0) is 22.3 Å². The fraction of sp³-hybridized carbons (Fsp3) is 0.333. The molecule has 2 heterocycles. The van der Waals surface area contributed by atoms with Crippen molar-refractivity contribution in [3.05, 3.63) is 70.8 Å². The zero-order chi connectivity index (χ0) is 16.4. The number of hydrogen-bond donors (Lipinski definition) is 0. The van der Waals surface area contributed by atoms with Crippen molar-refractivity contribution < 1.29 is 9.47 Å². The molecular weight excluding hydrogens is 312 g/mol. The topological polar surface area (TPSA) is 43.2 Å². The van der Waals surface area contributed by atoms with Crippen molar-refractivity contribution in [2.45, 2.75) is 43.6 Å². The van der Waals surface area contributed by atoms with E-state index in [0.29, 0.717) is 6.42 Å². The summed E-state index contributed by atoms with van der Waals surface area (Å²) >= 11 is 0. The van der Waals surface area contributed by atoms with Gasteiger partial charge in [-0.1, -0.05) is 48.5 Å². The highest BCUT2D eigenvalue weighted by atomic mass is 16.5. The number of benzene rings is 2. The Balaban J connectivity index is 1.23. The van der Waals surface area contributed by atoms with Crippen LogP contribution in [0.2, 0.25) is 0 Å². The van der Waals surface area contributed by atoms with Crippen molar-refractivity contribution in [1.82, 2.24) is 0 Å². The molecule has 2 aromatic carbocycles. The Hall–Kier alpha value is -2.62. The van der Waals surface area contributed by atoms with Crippen LogP contribution in [0.4, 0.5) is 0 Å². The van der Waals surface area contributed by atoms with Crippen LogP contribution in [0, 0.1) is 0 Å². The molecule has 124 valence electrons. The molecule has 4 aliphatic rings. The summed E-state index contributed by atoms with van der Waals surface area (Å²) in [7, 11) is 0. The molecule has 0 fully saturated rings. The van der Waals surface area contributed by atoms with E-state index in [1.807, 2.05) is 0 Å². The fourth-order valence-electron chi connectivity index (χ4n) is 4.62. The zero-order valence-corrected chi connectivity index (χ0v) is 13.8. The third-order valence-corrected chi connectivity index (χ3v) is 5.74. The second-order valence-corrected chi connectivity index (χ2v) is 7.23. The van der Waals surface area contributed by atoms with Gasteiger partial charge in [0.15, 0.2) is 11.8 Å². The fourth-order valence-corrected chi connectivity index (χ4v) is 4.62. The van der Waals surface area contributed by atoms with Gasteiger partial charge in [-0.25, -0.2) is 9.98 Å². The van der Waals surface area contributed by atoms with Gasteiger partial charge in [-0.15, -0.1) is 0 Å². The molecule has 0 amide bonds. The Bertz CT molecular complexity index is 857. The summed E-state index contributed by atoms with van der Waals surface area (Å²) in [5.41, 5.74) is 5.34. The molecule has 6 rings (SSSR count). The van der Waals surface area contributed by atoms with Gasteiger partial charge in [0.2, 0.25) is 0 Å². The molecule has 2 unspecified atom stereocenters. The van der Waals surface area contributed by atoms with Gasteiger partial charge in [-0.3, -0.25) is 0 Å². The SMILES string of the molecule is c1ccc2c(c1)CC1OC(CC3=N[C@H]4c5ccccc5C[C@H]4O3)=NC21. The van der Waals surface area contributed by atoms with Crippen LogP contribution in [-0.2, 0) is 22.3 Å². The first kappa shape index (κ1) is 13.6. The summed E-state index contributed by atoms with van der Waals surface area (Å²) in [6.45, 7) is 0. The molecule has 4 atom stereocenters. The molecular formula is C21H18N2O2. The lowest BCUT2D eigenvalue weighted by Crippen LogP contribution is -2.17. The van der Waals surface area contributed by atoms with Gasteiger partial charge < -0.3 is 9.47 Å². The zero-order valence-electron chi connectivity index (χ0n) is 13.8. The molecule has 4 heteroatoms. The summed E-state index contributed by atoms with van der Waals surface area (Å²) in [4.78, 5) is 9.65. The van der Waals surface area contributed by atoms with Gasteiger partial charge in [-0.2, -0.15) is 0 Å². The first-order valence-electron chi connectivity index (χ1n) is 8.97. The third kappa shape index (κ3) is 2.00. The van der Waals surface area contributed by atoms with Crippen LogP contribution >= 0.6 is 0 Å². The van der Waals surface area contributed by atoms with Crippen molar-refractivity contribution in [3.8, 4) is 0 Å². The van der Waals surface area contributed by atoms with Gasteiger partial charge in [0.1, 0.15) is 24.3 Å². The van der Waals surface area contributed by atoms with E-state index in [4.69, 9.17) is 19.5 Å². The molecule has 4 nitrogen and oxygen atoms in total. The van der Waals surface area contributed by atoms with Crippen LogP contribution < -0.4 is 0 Å². The minimum atomic E-state index is 0.147. The van der Waals surface area contributed by atoms with E-state index in [0.717, 1.165) is 24.6 Å². The Morgan fingerprint density at radius 2 is 1.20 bits per heavy atom. The first-order valence-corrected chi connectivity index (χ1v) is 8.97. The lowest BCUT2D eigenvalue weighted by molar-refractivity contribution is 0.192. The molecule has 0 bridgehead atoms. The van der Waals surface area contributed by atoms with Crippen molar-refractivity contribution in [1.29, 1.82) is 0 Å². The summed E-state index contributed by atoms with van der Waals surface area (Å²) in [6, 6.07) is 17.3. The smallest absolute Gasteiger partial charge is 0.193 e. The van der Waals surface area contributed by atoms with Crippen LogP contribution in [0.5, 0.6) is 0 Å². The lowest BCUT2D eigenvalue weighted by Gasteiger charge is -2.10. The second-order valence-electron chi connectivity index (χ2n) is 7.23. The molecule has 0 saturated carbocycles. The highest BCUT2D eigenvalue weighted by molar-refractivity contribution is 5.98. The molecule has 0 aromatic heterocycles. The molecule has 2 aliphatic carbocycles. The van der Waals surface area contributed by atoms with Gasteiger partial charge >= 0.3 is 0 Å². The van der Waals surface area contributed by atoms with Crippen LogP contribution in [0.1, 0.15) is 40.8 Å². The normalized spacial score (nSPS) is 30.6. The average Bonchev–Trinajstić information content (AvgIpc) is 3.33. The summed E-state index contributed by atoms with van der Waals surface area (Å²) < 4.78 is 12.2. The molecule has 0 N–H and O–H groups in total. The second kappa shape index (κ2) is 4.94. The van der Waals surface area contributed by atoms with Crippen molar-refractivity contribution >= 4 is 11.8 Å². The average molecular weight is 330 g/mol. The number of ether oxygens (including phenoxy) is 2. The monoisotopic (exact) mass is 330 g/mol. The quantitative estimate of drug-likeness (QED) is 0.845. The minimum absolute atomic E-state index is 0.147. The van der Waals surface area contributed by atoms with Gasteiger partial charge in [0.05, 0.1) is 6.42 Å². The number of rotatable bonds is 2. The highest BCUT2D eigenvalue weighted by Gasteiger charge is 2.42. The first-order chi connectivity index (χ1) is 12.3. The van der Waals surface area contributed by atoms with E-state index < -0.39 is 0 Å². The predicted octanol–water partition coefficient (Wildman–Crippen LogP) is 3.57. The predicted molar refractivity (Wildman–Crippen MR) is 95.0 cm³/mol. The standard InChI is InChI=1S/C21H18N2O2/c1-3-7-14-12(5-1)9-16-20(14)22-18(24-16)11-19-23-21-15-8-4-2-6-13(15)10-17(21)25-19/h1-8,16-17,20-21H,9-11H2/t16-,17?,20+,21?/m1/s1. The third-order valence-electron chi connectivity index (χ3n) is 5.74. The maximum absolute atomic E-state index is 6.11. The minimum Gasteiger partial charge on any atom is -0.474 e. The molecule has 0 spiro atoms. The number of nitrogens with zero attached hydrogens (tertiary/aromatic N) is 2. The van der Waals surface area contributed by atoms with E-state index in [1.54, 1.807) is 0 Å². The van der Waals surface area contributed by atoms with Crippen molar-refractivity contribution in [2.24, 2.45) is 9.98 Å². The molecule has 25 heavy (non-hydrogen) atoms. The maximum atomic E-state index is 6.11. The van der Waals surface area contributed by atoms with Gasteiger partial charge in [0, 0.05) is 12.8 Å². The number of fused-ring (bicyclic) bond motifs is 6. The van der Waals surface area contributed by atoms with E-state index in [2.05, 4.69) is 48.5 Å². The van der Waals surface area contributed by atoms with E-state index in [-0.39, 0.29) is 24.3 Å². The summed E-state index contributed by atoms with van der Waals surface area (Å²) in [5.74, 6) is 1.55. The van der Waals surface area contributed by atoms with Crippen LogP contribution in [0.25, 0.3) is 0 Å². The van der Waals surface area contributed by atoms with E-state index >= 15 is 0 Å². The van der Waals surface area contributed by atoms with Crippen molar-refractivity contribution in [2.75, 3.05) is 0 Å².